The Balaban J connectivity index is 1.81. The Morgan fingerprint density at radius 3 is 2.65 bits per heavy atom. The van der Waals surface area contributed by atoms with Gasteiger partial charge in [0.2, 0.25) is 0 Å². The summed E-state index contributed by atoms with van der Waals surface area (Å²) in [5.41, 5.74) is 7.92. The molecule has 3 rings (SSSR count). The van der Waals surface area contributed by atoms with Crippen LogP contribution in [-0.4, -0.2) is 44.2 Å². The first-order chi connectivity index (χ1) is 14.9. The predicted octanol–water partition coefficient (Wildman–Crippen LogP) is 3.69. The fourth-order valence-electron chi connectivity index (χ4n) is 2.79. The van der Waals surface area contributed by atoms with Crippen LogP contribution in [0.15, 0.2) is 53.7 Å². The maximum atomic E-state index is 13.0. The second-order valence-corrected chi connectivity index (χ2v) is 7.77. The number of thioether (sulfide) groups is 1. The lowest BCUT2D eigenvalue weighted by Crippen LogP contribution is -2.15. The van der Waals surface area contributed by atoms with Crippen LogP contribution in [0.2, 0.25) is 0 Å². The summed E-state index contributed by atoms with van der Waals surface area (Å²) in [6, 6.07) is 12.5. The van der Waals surface area contributed by atoms with E-state index in [4.69, 9.17) is 15.2 Å². The summed E-state index contributed by atoms with van der Waals surface area (Å²) in [7, 11) is 6.99. The summed E-state index contributed by atoms with van der Waals surface area (Å²) >= 11 is 1.41. The molecule has 0 bridgehead atoms. The molecule has 31 heavy (non-hydrogen) atoms. The third-order valence-corrected chi connectivity index (χ3v) is 5.49. The summed E-state index contributed by atoms with van der Waals surface area (Å²) < 4.78 is 10.7. The number of methoxy groups -OCH3 is 2. The normalized spacial score (nSPS) is 10.5. The van der Waals surface area contributed by atoms with Gasteiger partial charge in [-0.05, 0) is 24.3 Å². The van der Waals surface area contributed by atoms with Crippen LogP contribution in [0.3, 0.4) is 0 Å². The number of nitrogens with one attached hydrogen (secondary N) is 1. The van der Waals surface area contributed by atoms with Gasteiger partial charge in [0, 0.05) is 49.4 Å². The van der Waals surface area contributed by atoms with Crippen LogP contribution in [0.1, 0.15) is 15.9 Å². The average Bonchev–Trinajstić information content (AvgIpc) is 2.77. The van der Waals surface area contributed by atoms with Crippen molar-refractivity contribution < 1.29 is 14.3 Å². The molecule has 0 atom stereocenters. The number of ether oxygens (including phenoxy) is 2. The van der Waals surface area contributed by atoms with Crippen molar-refractivity contribution in [2.24, 2.45) is 0 Å². The fraction of sp³-hybridized carbons (Fsp3) is 0.227. The molecule has 3 aromatic rings. The zero-order valence-electron chi connectivity index (χ0n) is 17.9. The Labute approximate surface area is 185 Å². The molecule has 0 aliphatic carbocycles. The zero-order chi connectivity index (χ0) is 22.4. The summed E-state index contributed by atoms with van der Waals surface area (Å²) in [5.74, 6) is 2.78. The Morgan fingerprint density at radius 2 is 1.94 bits per heavy atom. The lowest BCUT2D eigenvalue weighted by Gasteiger charge is -2.14. The largest absolute Gasteiger partial charge is 0.497 e. The van der Waals surface area contributed by atoms with Gasteiger partial charge in [-0.2, -0.15) is 0 Å². The minimum atomic E-state index is -0.271. The highest BCUT2D eigenvalue weighted by atomic mass is 32.2. The van der Waals surface area contributed by atoms with E-state index in [9.17, 15) is 4.79 Å². The molecule has 0 aliphatic heterocycles. The van der Waals surface area contributed by atoms with Crippen molar-refractivity contribution in [1.29, 1.82) is 0 Å². The summed E-state index contributed by atoms with van der Waals surface area (Å²) in [6.07, 6.45) is 1.65. The van der Waals surface area contributed by atoms with E-state index in [0.29, 0.717) is 39.3 Å². The molecule has 0 fully saturated rings. The summed E-state index contributed by atoms with van der Waals surface area (Å²) in [5, 5.41) is 3.45. The Kier molecular flexibility index (Phi) is 7.19. The van der Waals surface area contributed by atoms with E-state index in [0.717, 1.165) is 11.4 Å². The van der Waals surface area contributed by atoms with Crippen LogP contribution in [0.4, 0.5) is 17.3 Å². The van der Waals surface area contributed by atoms with E-state index < -0.39 is 0 Å². The average molecular weight is 440 g/mol. The van der Waals surface area contributed by atoms with Crippen LogP contribution in [0.25, 0.3) is 0 Å². The summed E-state index contributed by atoms with van der Waals surface area (Å²) in [4.78, 5) is 23.5. The van der Waals surface area contributed by atoms with E-state index in [1.54, 1.807) is 44.7 Å². The number of amides is 1. The van der Waals surface area contributed by atoms with Gasteiger partial charge >= 0.3 is 0 Å². The van der Waals surface area contributed by atoms with E-state index in [2.05, 4.69) is 15.3 Å². The second kappa shape index (κ2) is 10.0. The smallest absolute Gasteiger partial charge is 0.258 e. The van der Waals surface area contributed by atoms with Crippen LogP contribution < -0.4 is 25.4 Å². The van der Waals surface area contributed by atoms with E-state index in [-0.39, 0.29) is 5.91 Å². The number of nitrogens with two attached hydrogens (primary N) is 1. The molecule has 0 saturated heterocycles. The summed E-state index contributed by atoms with van der Waals surface area (Å²) in [6.45, 7) is 0. The highest BCUT2D eigenvalue weighted by Gasteiger charge is 2.16. The molecule has 8 nitrogen and oxygen atoms in total. The van der Waals surface area contributed by atoms with Crippen molar-refractivity contribution in [2.75, 3.05) is 44.3 Å². The molecule has 2 heterocycles. The molecule has 2 aromatic heterocycles. The molecule has 0 unspecified atom stereocenters. The van der Waals surface area contributed by atoms with Crippen molar-refractivity contribution in [2.45, 2.75) is 10.8 Å². The topological polar surface area (TPSA) is 103 Å². The minimum absolute atomic E-state index is 0.271. The van der Waals surface area contributed by atoms with Crippen molar-refractivity contribution >= 4 is 35.0 Å². The lowest BCUT2D eigenvalue weighted by atomic mass is 10.2. The maximum absolute atomic E-state index is 13.0. The fourth-order valence-corrected chi connectivity index (χ4v) is 3.81. The quantitative estimate of drug-likeness (QED) is 0.513. The monoisotopic (exact) mass is 439 g/mol. The maximum Gasteiger partial charge on any atom is 0.258 e. The third kappa shape index (κ3) is 5.58. The van der Waals surface area contributed by atoms with Gasteiger partial charge in [0.15, 0.2) is 0 Å². The molecule has 0 radical (unpaired) electrons. The van der Waals surface area contributed by atoms with Crippen LogP contribution >= 0.6 is 11.8 Å². The first kappa shape index (κ1) is 22.2. The van der Waals surface area contributed by atoms with Gasteiger partial charge in [0.05, 0.1) is 19.8 Å². The number of carbonyl (C=O) groups is 1. The Bertz CT molecular complexity index is 1070. The second-order valence-electron chi connectivity index (χ2n) is 6.81. The van der Waals surface area contributed by atoms with Gasteiger partial charge in [-0.1, -0.05) is 6.07 Å². The molecule has 1 amide bonds. The number of aromatic nitrogens is 2. The van der Waals surface area contributed by atoms with Crippen molar-refractivity contribution in [3.63, 3.8) is 0 Å². The van der Waals surface area contributed by atoms with Gasteiger partial charge in [-0.15, -0.1) is 11.8 Å². The standard InChI is InChI=1S/C22H25N5O3S/c1-27(2)20-11-15(9-10-24-20)25-21(28)17-7-8-19(23)26-22(17)31-13-14-5-6-16(29-3)12-18(14)30-4/h5-12H,13H2,1-4H3,(H2,23,26)(H,24,25,28). The van der Waals surface area contributed by atoms with Crippen molar-refractivity contribution in [1.82, 2.24) is 9.97 Å². The zero-order valence-corrected chi connectivity index (χ0v) is 18.7. The number of anilines is 3. The van der Waals surface area contributed by atoms with Crippen molar-refractivity contribution in [3.8, 4) is 11.5 Å². The van der Waals surface area contributed by atoms with Crippen molar-refractivity contribution in [3.05, 3.63) is 59.8 Å². The molecule has 0 saturated carbocycles. The molecule has 162 valence electrons. The number of benzene rings is 1. The molecular formula is C22H25N5O3S. The van der Waals surface area contributed by atoms with Gasteiger partial charge in [0.25, 0.3) is 5.91 Å². The number of hydrogen-bond donors (Lipinski definition) is 2. The van der Waals surface area contributed by atoms with E-state index in [1.165, 1.54) is 11.8 Å². The number of rotatable bonds is 8. The van der Waals surface area contributed by atoms with Crippen LogP contribution in [0.5, 0.6) is 11.5 Å². The van der Waals surface area contributed by atoms with Gasteiger partial charge in [-0.25, -0.2) is 9.97 Å². The molecule has 3 N–H and O–H groups in total. The first-order valence-electron chi connectivity index (χ1n) is 9.46. The SMILES string of the molecule is COc1ccc(CSc2nc(N)ccc2C(=O)Nc2ccnc(N(C)C)c2)c(OC)c1. The van der Waals surface area contributed by atoms with Crippen LogP contribution in [-0.2, 0) is 5.75 Å². The lowest BCUT2D eigenvalue weighted by molar-refractivity contribution is 0.102. The Hall–Kier alpha value is -3.46. The molecule has 0 spiro atoms. The van der Waals surface area contributed by atoms with Gasteiger partial charge in [0.1, 0.15) is 28.2 Å². The molecule has 1 aromatic carbocycles. The number of hydrogen-bond acceptors (Lipinski definition) is 8. The third-order valence-electron chi connectivity index (χ3n) is 4.45. The number of carbonyl (C=O) groups excluding carboxylic acids is 1. The Morgan fingerprint density at radius 1 is 1.13 bits per heavy atom. The number of nitrogen functional groups attached to an aromatic ring is 1. The van der Waals surface area contributed by atoms with Gasteiger partial charge < -0.3 is 25.4 Å². The van der Waals surface area contributed by atoms with E-state index in [1.807, 2.05) is 37.2 Å². The molecule has 0 aliphatic rings. The molecule has 9 heteroatoms. The van der Waals surface area contributed by atoms with Gasteiger partial charge in [-0.3, -0.25) is 4.79 Å². The number of nitrogens with zero attached hydrogens (tertiary/aromatic N) is 3. The number of pyridine rings is 2. The van der Waals surface area contributed by atoms with E-state index >= 15 is 0 Å². The highest BCUT2D eigenvalue weighted by molar-refractivity contribution is 7.98. The highest BCUT2D eigenvalue weighted by Crippen LogP contribution is 2.32. The minimum Gasteiger partial charge on any atom is -0.497 e. The first-order valence-corrected chi connectivity index (χ1v) is 10.4. The predicted molar refractivity (Wildman–Crippen MR) is 124 cm³/mol. The molecular weight excluding hydrogens is 414 g/mol. The van der Waals surface area contributed by atoms with Crippen LogP contribution in [0, 0.1) is 0 Å².